The number of rotatable bonds is 3. The van der Waals surface area contributed by atoms with Gasteiger partial charge in [-0.05, 0) is 13.3 Å². The predicted octanol–water partition coefficient (Wildman–Crippen LogP) is -0.117. The Hall–Kier alpha value is -0.610. The van der Waals surface area contributed by atoms with Gasteiger partial charge < -0.3 is 10.8 Å². The first-order valence-corrected chi connectivity index (χ1v) is 4.31. The van der Waals surface area contributed by atoms with Crippen LogP contribution in [-0.2, 0) is 4.79 Å². The van der Waals surface area contributed by atoms with Crippen molar-refractivity contribution in [3.63, 3.8) is 0 Å². The molecule has 1 fully saturated rings. The van der Waals surface area contributed by atoms with Gasteiger partial charge in [-0.1, -0.05) is 0 Å². The molecule has 1 saturated heterocycles. The van der Waals surface area contributed by atoms with Crippen molar-refractivity contribution >= 4 is 5.97 Å². The fraction of sp³-hybridized carbons (Fsp3) is 0.875. The third-order valence-electron chi connectivity index (χ3n) is 2.35. The van der Waals surface area contributed by atoms with Crippen molar-refractivity contribution in [2.75, 3.05) is 13.1 Å². The third-order valence-corrected chi connectivity index (χ3v) is 2.35. The highest BCUT2D eigenvalue weighted by Gasteiger charge is 2.24. The average molecular weight is 172 g/mol. The van der Waals surface area contributed by atoms with E-state index in [1.165, 1.54) is 0 Å². The lowest BCUT2D eigenvalue weighted by Gasteiger charge is -2.22. The number of carbonyl (C=O) groups is 1. The lowest BCUT2D eigenvalue weighted by molar-refractivity contribution is -0.138. The van der Waals surface area contributed by atoms with Crippen molar-refractivity contribution < 1.29 is 9.90 Å². The molecule has 0 aromatic rings. The van der Waals surface area contributed by atoms with Crippen LogP contribution in [0.3, 0.4) is 0 Å². The van der Waals surface area contributed by atoms with Crippen LogP contribution >= 0.6 is 0 Å². The van der Waals surface area contributed by atoms with Crippen LogP contribution in [0.4, 0.5) is 0 Å². The van der Waals surface area contributed by atoms with Crippen LogP contribution in [0.25, 0.3) is 0 Å². The molecule has 1 heterocycles. The molecule has 0 bridgehead atoms. The Labute approximate surface area is 72.3 Å². The van der Waals surface area contributed by atoms with Gasteiger partial charge in [-0.15, -0.1) is 0 Å². The molecule has 0 amide bonds. The first-order valence-electron chi connectivity index (χ1n) is 4.31. The summed E-state index contributed by atoms with van der Waals surface area (Å²) >= 11 is 0. The van der Waals surface area contributed by atoms with Crippen molar-refractivity contribution in [1.82, 2.24) is 4.90 Å². The number of hydrogen-bond donors (Lipinski definition) is 2. The van der Waals surface area contributed by atoms with Gasteiger partial charge in [-0.3, -0.25) is 9.69 Å². The molecule has 0 aromatic carbocycles. The van der Waals surface area contributed by atoms with Crippen molar-refractivity contribution in [2.24, 2.45) is 5.73 Å². The second kappa shape index (κ2) is 3.87. The van der Waals surface area contributed by atoms with Crippen molar-refractivity contribution in [3.05, 3.63) is 0 Å². The molecule has 0 aliphatic carbocycles. The zero-order valence-corrected chi connectivity index (χ0v) is 7.36. The van der Waals surface area contributed by atoms with E-state index in [-0.39, 0.29) is 18.5 Å². The van der Waals surface area contributed by atoms with Crippen molar-refractivity contribution in [2.45, 2.75) is 31.8 Å². The fourth-order valence-corrected chi connectivity index (χ4v) is 1.60. The molecule has 70 valence electrons. The number of hydrogen-bond acceptors (Lipinski definition) is 3. The molecule has 2 atom stereocenters. The van der Waals surface area contributed by atoms with Crippen LogP contribution < -0.4 is 5.73 Å². The molecule has 1 rings (SSSR count). The summed E-state index contributed by atoms with van der Waals surface area (Å²) < 4.78 is 0. The van der Waals surface area contributed by atoms with Crippen molar-refractivity contribution in [3.8, 4) is 0 Å². The smallest absolute Gasteiger partial charge is 0.304 e. The van der Waals surface area contributed by atoms with Gasteiger partial charge in [0, 0.05) is 25.2 Å². The molecular weight excluding hydrogens is 156 g/mol. The number of aliphatic carboxylic acids is 1. The number of nitrogens with two attached hydrogens (primary N) is 1. The Bertz CT molecular complexity index is 172. The second-order valence-electron chi connectivity index (χ2n) is 3.49. The monoisotopic (exact) mass is 172 g/mol. The van der Waals surface area contributed by atoms with E-state index in [0.717, 1.165) is 19.5 Å². The fourth-order valence-electron chi connectivity index (χ4n) is 1.60. The van der Waals surface area contributed by atoms with Gasteiger partial charge in [0.1, 0.15) is 0 Å². The van der Waals surface area contributed by atoms with Crippen LogP contribution in [0.2, 0.25) is 0 Å². The highest BCUT2D eigenvalue weighted by atomic mass is 16.4. The molecule has 4 nitrogen and oxygen atoms in total. The molecule has 12 heavy (non-hydrogen) atoms. The number of likely N-dealkylation sites (tertiary alicyclic amines) is 1. The minimum atomic E-state index is -0.733. The molecule has 0 aromatic heterocycles. The Balaban J connectivity index is 2.32. The number of carboxylic acid groups (broad SMARTS) is 1. The lowest BCUT2D eigenvalue weighted by atomic mass is 10.2. The third kappa shape index (κ3) is 2.46. The van der Waals surface area contributed by atoms with Crippen LogP contribution in [0.1, 0.15) is 19.8 Å². The first-order chi connectivity index (χ1) is 5.59. The number of carboxylic acids is 1. The topological polar surface area (TPSA) is 66.6 Å². The summed E-state index contributed by atoms with van der Waals surface area (Å²) in [6, 6.07) is 0.359. The van der Waals surface area contributed by atoms with Crippen LogP contribution in [-0.4, -0.2) is 41.1 Å². The molecule has 3 N–H and O–H groups in total. The maximum absolute atomic E-state index is 10.4. The first kappa shape index (κ1) is 9.48. The van der Waals surface area contributed by atoms with Crippen LogP contribution in [0, 0.1) is 0 Å². The van der Waals surface area contributed by atoms with E-state index in [1.54, 1.807) is 0 Å². The molecule has 0 spiro atoms. The zero-order chi connectivity index (χ0) is 9.14. The van der Waals surface area contributed by atoms with Gasteiger partial charge in [0.25, 0.3) is 0 Å². The predicted molar refractivity (Wildman–Crippen MR) is 45.9 cm³/mol. The summed E-state index contributed by atoms with van der Waals surface area (Å²) in [4.78, 5) is 12.5. The van der Waals surface area contributed by atoms with Crippen LogP contribution in [0.15, 0.2) is 0 Å². The quantitative estimate of drug-likeness (QED) is 0.623. The Morgan fingerprint density at radius 2 is 2.50 bits per heavy atom. The van der Waals surface area contributed by atoms with Gasteiger partial charge in [-0.2, -0.15) is 0 Å². The minimum Gasteiger partial charge on any atom is -0.481 e. The standard InChI is InChI=1S/C8H16N2O2/c1-6(4-8(11)12)10-3-2-7(9)5-10/h6-7H,2-5,9H2,1H3,(H,11,12)/t6?,7-/m1/s1. The summed E-state index contributed by atoms with van der Waals surface area (Å²) in [5.74, 6) is -0.733. The molecule has 4 heteroatoms. The van der Waals surface area contributed by atoms with Gasteiger partial charge in [0.05, 0.1) is 6.42 Å². The van der Waals surface area contributed by atoms with Gasteiger partial charge >= 0.3 is 5.97 Å². The summed E-state index contributed by atoms with van der Waals surface area (Å²) in [6.07, 6.45) is 1.21. The molecule has 1 aliphatic heterocycles. The molecular formula is C8H16N2O2. The zero-order valence-electron chi connectivity index (χ0n) is 7.36. The maximum atomic E-state index is 10.4. The highest BCUT2D eigenvalue weighted by molar-refractivity contribution is 5.67. The molecule has 0 radical (unpaired) electrons. The summed E-state index contributed by atoms with van der Waals surface area (Å²) in [6.45, 7) is 3.72. The Morgan fingerprint density at radius 1 is 1.83 bits per heavy atom. The summed E-state index contributed by atoms with van der Waals surface area (Å²) in [5.41, 5.74) is 5.70. The van der Waals surface area contributed by atoms with Gasteiger partial charge in [0.15, 0.2) is 0 Å². The second-order valence-corrected chi connectivity index (χ2v) is 3.49. The molecule has 1 unspecified atom stereocenters. The van der Waals surface area contributed by atoms with E-state index in [4.69, 9.17) is 10.8 Å². The molecule has 1 aliphatic rings. The van der Waals surface area contributed by atoms with E-state index in [1.807, 2.05) is 6.92 Å². The van der Waals surface area contributed by atoms with E-state index >= 15 is 0 Å². The average Bonchev–Trinajstić information content (AvgIpc) is 2.34. The van der Waals surface area contributed by atoms with E-state index in [2.05, 4.69) is 4.90 Å². The lowest BCUT2D eigenvalue weighted by Crippen LogP contribution is -2.35. The largest absolute Gasteiger partial charge is 0.481 e. The van der Waals surface area contributed by atoms with Crippen molar-refractivity contribution in [1.29, 1.82) is 0 Å². The SMILES string of the molecule is CC(CC(=O)O)N1CC[C@@H](N)C1. The molecule has 0 saturated carbocycles. The van der Waals surface area contributed by atoms with E-state index < -0.39 is 5.97 Å². The normalized spacial score (nSPS) is 27.3. The number of nitrogens with zero attached hydrogens (tertiary/aromatic N) is 1. The van der Waals surface area contributed by atoms with Crippen LogP contribution in [0.5, 0.6) is 0 Å². The maximum Gasteiger partial charge on any atom is 0.304 e. The van der Waals surface area contributed by atoms with E-state index in [0.29, 0.717) is 0 Å². The van der Waals surface area contributed by atoms with Gasteiger partial charge in [0.2, 0.25) is 0 Å². The summed E-state index contributed by atoms with van der Waals surface area (Å²) in [7, 11) is 0. The Kier molecular flexibility index (Phi) is 3.05. The Morgan fingerprint density at radius 3 is 2.92 bits per heavy atom. The van der Waals surface area contributed by atoms with Gasteiger partial charge in [-0.25, -0.2) is 0 Å². The summed E-state index contributed by atoms with van der Waals surface area (Å²) in [5, 5.41) is 8.55. The highest BCUT2D eigenvalue weighted by Crippen LogP contribution is 2.12. The minimum absolute atomic E-state index is 0.121. The van der Waals surface area contributed by atoms with E-state index in [9.17, 15) is 4.79 Å².